The number of hydrogen-bond acceptors (Lipinski definition) is 7. The van der Waals surface area contributed by atoms with Crippen LogP contribution in [-0.2, 0) is 12.8 Å². The van der Waals surface area contributed by atoms with Gasteiger partial charge in [0.2, 0.25) is 0 Å². The molecule has 0 fully saturated rings. The fourth-order valence-corrected chi connectivity index (χ4v) is 5.12. The van der Waals surface area contributed by atoms with Crippen molar-refractivity contribution in [2.45, 2.75) is 52.0 Å². The Morgan fingerprint density at radius 1 is 1.26 bits per heavy atom. The lowest BCUT2D eigenvalue weighted by molar-refractivity contribution is 0.0820. The number of halogens is 1. The first kappa shape index (κ1) is 25.9. The second-order valence-corrected chi connectivity index (χ2v) is 10.5. The number of benzene rings is 1. The minimum Gasteiger partial charge on any atom is -0.492 e. The number of carbonyl (C=O) groups is 1. The van der Waals surface area contributed by atoms with Crippen LogP contribution in [0.4, 0.5) is 0 Å². The molecule has 0 aliphatic carbocycles. The van der Waals surface area contributed by atoms with E-state index < -0.39 is 5.54 Å². The third-order valence-electron chi connectivity index (χ3n) is 5.44. The topological polar surface area (TPSA) is 95.2 Å². The van der Waals surface area contributed by atoms with E-state index in [1.165, 1.54) is 11.3 Å². The van der Waals surface area contributed by atoms with Crippen molar-refractivity contribution in [2.75, 3.05) is 6.61 Å². The van der Waals surface area contributed by atoms with E-state index in [0.29, 0.717) is 36.3 Å². The Kier molecular flexibility index (Phi) is 8.81. The third-order valence-corrected chi connectivity index (χ3v) is 6.74. The van der Waals surface area contributed by atoms with Gasteiger partial charge in [-0.15, -0.1) is 11.3 Å². The van der Waals surface area contributed by atoms with Crippen molar-refractivity contribution in [1.82, 2.24) is 10.5 Å². The number of aromatic nitrogens is 1. The number of hydrogen-bond donors (Lipinski definition) is 2. The lowest BCUT2D eigenvalue weighted by atomic mass is 9.98. The van der Waals surface area contributed by atoms with Gasteiger partial charge in [-0.25, -0.2) is 0 Å². The van der Waals surface area contributed by atoms with E-state index >= 15 is 0 Å². The number of rotatable bonds is 11. The molecule has 0 aliphatic rings. The Balaban J connectivity index is 1.69. The van der Waals surface area contributed by atoms with Gasteiger partial charge in [-0.1, -0.05) is 24.6 Å². The molecule has 2 aromatic heterocycles. The number of carbonyl (C=O) groups excluding carboxylic acids is 1. The summed E-state index contributed by atoms with van der Waals surface area (Å²) in [6.45, 7) is 6.10. The highest BCUT2D eigenvalue weighted by Gasteiger charge is 2.20. The lowest BCUT2D eigenvalue weighted by Crippen LogP contribution is -2.38. The average molecular weight is 498 g/mol. The molecule has 3 aromatic rings. The number of Topliss-reactive ketones (excluding diaryl/α,β-unsaturated/α-hetero) is 1. The Bertz CT molecular complexity index is 1200. The van der Waals surface area contributed by atoms with Crippen LogP contribution in [0.15, 0.2) is 42.7 Å². The molecule has 1 aromatic carbocycles. The van der Waals surface area contributed by atoms with Crippen molar-refractivity contribution >= 4 is 28.7 Å². The predicted molar refractivity (Wildman–Crippen MR) is 135 cm³/mol. The lowest BCUT2D eigenvalue weighted by Gasteiger charge is -2.22. The summed E-state index contributed by atoms with van der Waals surface area (Å²) in [5.41, 5.74) is 5.68. The van der Waals surface area contributed by atoms with E-state index in [1.54, 1.807) is 18.5 Å². The SMILES string of the molecule is CCC(=O)c1cncc(-c2ccc(C#N)c(OCCCc3cc(Cl)sc3CC(C)(C)NO)c2)c1. The molecule has 8 heteroatoms. The number of nitrogens with one attached hydrogen (secondary N) is 1. The van der Waals surface area contributed by atoms with Crippen LogP contribution in [0.25, 0.3) is 11.1 Å². The molecule has 34 heavy (non-hydrogen) atoms. The van der Waals surface area contributed by atoms with Gasteiger partial charge in [0.1, 0.15) is 11.8 Å². The quantitative estimate of drug-likeness (QED) is 0.185. The molecule has 0 spiro atoms. The zero-order chi connectivity index (χ0) is 24.7. The van der Waals surface area contributed by atoms with Crippen LogP contribution in [0.5, 0.6) is 5.75 Å². The van der Waals surface area contributed by atoms with Gasteiger partial charge in [0.15, 0.2) is 5.78 Å². The largest absolute Gasteiger partial charge is 0.492 e. The van der Waals surface area contributed by atoms with Crippen molar-refractivity contribution in [3.8, 4) is 22.9 Å². The smallest absolute Gasteiger partial charge is 0.164 e. The van der Waals surface area contributed by atoms with Gasteiger partial charge in [0.25, 0.3) is 0 Å². The van der Waals surface area contributed by atoms with Crippen LogP contribution in [0, 0.1) is 11.3 Å². The summed E-state index contributed by atoms with van der Waals surface area (Å²) in [4.78, 5) is 17.4. The van der Waals surface area contributed by atoms with Crippen molar-refractivity contribution < 1.29 is 14.7 Å². The van der Waals surface area contributed by atoms with Crippen molar-refractivity contribution in [2.24, 2.45) is 0 Å². The zero-order valence-corrected chi connectivity index (χ0v) is 21.1. The minimum absolute atomic E-state index is 0.0329. The number of aryl methyl sites for hydroxylation is 1. The maximum Gasteiger partial charge on any atom is 0.164 e. The number of thiophene rings is 1. The molecule has 2 heterocycles. The molecule has 178 valence electrons. The molecule has 3 rings (SSSR count). The normalized spacial score (nSPS) is 11.3. The Morgan fingerprint density at radius 2 is 2.06 bits per heavy atom. The summed E-state index contributed by atoms with van der Waals surface area (Å²) < 4.78 is 6.71. The van der Waals surface area contributed by atoms with Crippen LogP contribution in [0.1, 0.15) is 60.0 Å². The van der Waals surface area contributed by atoms with E-state index in [0.717, 1.165) is 38.7 Å². The Hall–Kier alpha value is -2.76. The molecule has 2 N–H and O–H groups in total. The number of ketones is 1. The molecule has 0 atom stereocenters. The molecule has 0 amide bonds. The fraction of sp³-hybridized carbons (Fsp3) is 0.346. The average Bonchev–Trinajstić information content (AvgIpc) is 3.19. The van der Waals surface area contributed by atoms with Crippen molar-refractivity contribution in [1.29, 1.82) is 5.26 Å². The third kappa shape index (κ3) is 6.64. The highest BCUT2D eigenvalue weighted by atomic mass is 35.5. The van der Waals surface area contributed by atoms with Crippen molar-refractivity contribution in [3.63, 3.8) is 0 Å². The predicted octanol–water partition coefficient (Wildman–Crippen LogP) is 6.24. The monoisotopic (exact) mass is 497 g/mol. The summed E-state index contributed by atoms with van der Waals surface area (Å²) >= 11 is 7.77. The Labute approximate surface area is 209 Å². The summed E-state index contributed by atoms with van der Waals surface area (Å²) in [7, 11) is 0. The van der Waals surface area contributed by atoms with Gasteiger partial charge in [-0.05, 0) is 62.1 Å². The van der Waals surface area contributed by atoms with E-state index in [1.807, 2.05) is 45.0 Å². The first-order chi connectivity index (χ1) is 16.3. The van der Waals surface area contributed by atoms with E-state index in [4.69, 9.17) is 16.3 Å². The molecule has 0 saturated heterocycles. The maximum atomic E-state index is 12.0. The summed E-state index contributed by atoms with van der Waals surface area (Å²) in [6.07, 6.45) is 5.85. The molecule has 0 saturated carbocycles. The zero-order valence-electron chi connectivity index (χ0n) is 19.5. The van der Waals surface area contributed by atoms with Gasteiger partial charge < -0.3 is 9.94 Å². The molecular formula is C26H28ClN3O3S. The summed E-state index contributed by atoms with van der Waals surface area (Å²) in [5, 5.41) is 18.9. The first-order valence-corrected chi connectivity index (χ1v) is 12.3. The van der Waals surface area contributed by atoms with E-state index in [2.05, 4.69) is 16.5 Å². The minimum atomic E-state index is -0.449. The van der Waals surface area contributed by atoms with Crippen LogP contribution in [0.3, 0.4) is 0 Å². The fourth-order valence-electron chi connectivity index (χ4n) is 3.55. The number of nitrogens with zero attached hydrogens (tertiary/aromatic N) is 2. The second kappa shape index (κ2) is 11.6. The van der Waals surface area contributed by atoms with E-state index in [-0.39, 0.29) is 5.78 Å². The summed E-state index contributed by atoms with van der Waals surface area (Å²) in [5.74, 6) is 0.534. The number of pyridine rings is 1. The number of ether oxygens (including phenoxy) is 1. The van der Waals surface area contributed by atoms with Crippen LogP contribution >= 0.6 is 22.9 Å². The highest BCUT2D eigenvalue weighted by Crippen LogP contribution is 2.31. The van der Waals surface area contributed by atoms with Crippen LogP contribution in [-0.4, -0.2) is 28.1 Å². The van der Waals surface area contributed by atoms with E-state index in [9.17, 15) is 15.3 Å². The van der Waals surface area contributed by atoms with Crippen LogP contribution in [0.2, 0.25) is 4.34 Å². The molecule has 0 aliphatic heterocycles. The standard InChI is InChI=1S/C26H28ClN3O3S/c1-4-22(31)21-10-20(15-29-16-21)17-7-8-19(14-28)23(11-17)33-9-5-6-18-12-25(27)34-24(18)13-26(2,3)30-32/h7-8,10-12,15-16,30,32H,4-6,9,13H2,1-3H3. The molecule has 0 radical (unpaired) electrons. The first-order valence-electron chi connectivity index (χ1n) is 11.1. The molecule has 0 bridgehead atoms. The van der Waals surface area contributed by atoms with Gasteiger partial charge in [0, 0.05) is 46.8 Å². The maximum absolute atomic E-state index is 12.0. The summed E-state index contributed by atoms with van der Waals surface area (Å²) in [6, 6.07) is 11.3. The second-order valence-electron chi connectivity index (χ2n) is 8.69. The number of hydroxylamine groups is 1. The molecular weight excluding hydrogens is 470 g/mol. The van der Waals surface area contributed by atoms with Gasteiger partial charge in [0.05, 0.1) is 16.5 Å². The molecule has 6 nitrogen and oxygen atoms in total. The molecule has 0 unspecified atom stereocenters. The van der Waals surface area contributed by atoms with Gasteiger partial charge in [-0.3, -0.25) is 9.78 Å². The Morgan fingerprint density at radius 3 is 2.76 bits per heavy atom. The van der Waals surface area contributed by atoms with Crippen molar-refractivity contribution in [3.05, 3.63) is 68.6 Å². The highest BCUT2D eigenvalue weighted by molar-refractivity contribution is 7.16. The number of nitriles is 1. The van der Waals surface area contributed by atoms with Gasteiger partial charge in [-0.2, -0.15) is 10.7 Å². The van der Waals surface area contributed by atoms with Crippen LogP contribution < -0.4 is 10.2 Å². The van der Waals surface area contributed by atoms with Gasteiger partial charge >= 0.3 is 0 Å².